The van der Waals surface area contributed by atoms with E-state index in [1.807, 2.05) is 42.5 Å². The fraction of sp³-hybridized carbons (Fsp3) is 0.240. The van der Waals surface area contributed by atoms with Crippen LogP contribution in [0.2, 0.25) is 5.02 Å². The van der Waals surface area contributed by atoms with Crippen LogP contribution < -0.4 is 10.6 Å². The second-order valence-corrected chi connectivity index (χ2v) is 9.44. The third-order valence-electron chi connectivity index (χ3n) is 5.96. The van der Waals surface area contributed by atoms with E-state index in [1.54, 1.807) is 10.7 Å². The molecule has 6 nitrogen and oxygen atoms in total. The normalized spacial score (nSPS) is 13.3. The van der Waals surface area contributed by atoms with Gasteiger partial charge in [-0.15, -0.1) is 0 Å². The first-order valence-corrected chi connectivity index (χ1v) is 12.1. The van der Waals surface area contributed by atoms with Gasteiger partial charge in [-0.2, -0.15) is 9.61 Å². The van der Waals surface area contributed by atoms with E-state index in [0.717, 1.165) is 40.8 Å². The van der Waals surface area contributed by atoms with Crippen LogP contribution in [-0.2, 0) is 17.6 Å². The highest BCUT2D eigenvalue weighted by atomic mass is 79.9. The van der Waals surface area contributed by atoms with Crippen LogP contribution in [0.4, 0.5) is 5.82 Å². The van der Waals surface area contributed by atoms with Crippen molar-refractivity contribution in [1.82, 2.24) is 19.9 Å². The Kier molecular flexibility index (Phi) is 6.33. The number of hydrogen-bond acceptors (Lipinski definition) is 4. The predicted octanol–water partition coefficient (Wildman–Crippen LogP) is 5.15. The van der Waals surface area contributed by atoms with Crippen LogP contribution in [0, 0.1) is 5.92 Å². The van der Waals surface area contributed by atoms with Gasteiger partial charge in [0, 0.05) is 35.7 Å². The maximum Gasteiger partial charge on any atom is 0.223 e. The molecule has 0 spiro atoms. The van der Waals surface area contributed by atoms with Gasteiger partial charge in [-0.1, -0.05) is 54.1 Å². The smallest absolute Gasteiger partial charge is 0.223 e. The number of nitrogens with zero attached hydrogens (tertiary/aromatic N) is 3. The molecule has 0 bridgehead atoms. The molecule has 2 aromatic heterocycles. The van der Waals surface area contributed by atoms with Crippen LogP contribution in [0.15, 0.2) is 65.3 Å². The average Bonchev–Trinajstić information content (AvgIpc) is 3.43. The summed E-state index contributed by atoms with van der Waals surface area (Å²) in [6, 6.07) is 17.9. The second-order valence-electron chi connectivity index (χ2n) is 8.18. The van der Waals surface area contributed by atoms with Crippen LogP contribution >= 0.6 is 27.5 Å². The second kappa shape index (κ2) is 9.53. The Hall–Kier alpha value is -2.90. The molecule has 4 aromatic rings. The van der Waals surface area contributed by atoms with Crippen molar-refractivity contribution in [3.63, 3.8) is 0 Å². The van der Waals surface area contributed by atoms with Gasteiger partial charge in [0.05, 0.1) is 16.4 Å². The van der Waals surface area contributed by atoms with Gasteiger partial charge in [0.25, 0.3) is 0 Å². The molecule has 0 atom stereocenters. The van der Waals surface area contributed by atoms with Gasteiger partial charge in [-0.3, -0.25) is 4.79 Å². The van der Waals surface area contributed by atoms with Crippen LogP contribution in [0.25, 0.3) is 16.9 Å². The number of anilines is 1. The van der Waals surface area contributed by atoms with Gasteiger partial charge < -0.3 is 10.6 Å². The van der Waals surface area contributed by atoms with E-state index in [2.05, 4.69) is 43.8 Å². The maximum atomic E-state index is 12.6. The lowest BCUT2D eigenvalue weighted by molar-refractivity contribution is -0.124. The first kappa shape index (κ1) is 21.9. The molecule has 2 heterocycles. The Balaban J connectivity index is 1.20. The van der Waals surface area contributed by atoms with Gasteiger partial charge in [-0.05, 0) is 52.4 Å². The van der Waals surface area contributed by atoms with Gasteiger partial charge >= 0.3 is 0 Å². The third-order valence-corrected chi connectivity index (χ3v) is 6.85. The first-order chi connectivity index (χ1) is 16.1. The summed E-state index contributed by atoms with van der Waals surface area (Å²) in [5.74, 6) is 0.988. The highest BCUT2D eigenvalue weighted by Crippen LogP contribution is 2.30. The number of fused-ring (bicyclic) bond motifs is 2. The molecule has 2 aromatic carbocycles. The number of carbonyl (C=O) groups is 1. The highest BCUT2D eigenvalue weighted by molar-refractivity contribution is 9.10. The van der Waals surface area contributed by atoms with E-state index >= 15 is 0 Å². The van der Waals surface area contributed by atoms with Crippen molar-refractivity contribution in [1.29, 1.82) is 0 Å². The molecule has 0 unspecified atom stereocenters. The Bertz CT molecular complexity index is 1300. The number of rotatable bonds is 7. The number of halogens is 2. The predicted molar refractivity (Wildman–Crippen MR) is 135 cm³/mol. The number of aromatic nitrogens is 3. The molecule has 33 heavy (non-hydrogen) atoms. The van der Waals surface area contributed by atoms with Gasteiger partial charge in [-0.25, -0.2) is 4.98 Å². The fourth-order valence-corrected chi connectivity index (χ4v) is 4.85. The topological polar surface area (TPSA) is 71.3 Å². The van der Waals surface area contributed by atoms with Crippen molar-refractivity contribution in [2.24, 2.45) is 5.92 Å². The molecule has 0 saturated carbocycles. The summed E-state index contributed by atoms with van der Waals surface area (Å²) in [7, 11) is 0. The third kappa shape index (κ3) is 4.61. The molecule has 0 fully saturated rings. The molecule has 0 radical (unpaired) electrons. The van der Waals surface area contributed by atoms with E-state index in [9.17, 15) is 4.79 Å². The lowest BCUT2D eigenvalue weighted by Crippen LogP contribution is -2.32. The molecule has 5 rings (SSSR count). The van der Waals surface area contributed by atoms with E-state index in [1.165, 1.54) is 11.1 Å². The lowest BCUT2D eigenvalue weighted by Gasteiger charge is -2.13. The molecule has 0 aliphatic heterocycles. The van der Waals surface area contributed by atoms with Crippen molar-refractivity contribution in [2.75, 3.05) is 18.4 Å². The van der Waals surface area contributed by atoms with Gasteiger partial charge in [0.2, 0.25) is 5.91 Å². The zero-order valence-electron chi connectivity index (χ0n) is 17.9. The standard InChI is InChI=1S/C25H23BrClN5O/c26-20-15-30-32-23(14-22(31-24(20)32)19-8-3-4-9-21(19)27)28-10-5-11-29-25(33)18-12-16-6-1-2-7-17(16)13-18/h1-4,6-9,14-15,18,28H,5,10-13H2,(H,29,33). The molecule has 8 heteroatoms. The zero-order valence-corrected chi connectivity index (χ0v) is 20.2. The summed E-state index contributed by atoms with van der Waals surface area (Å²) in [5.41, 5.74) is 4.93. The molecule has 1 aliphatic carbocycles. The maximum absolute atomic E-state index is 12.6. The molecule has 2 N–H and O–H groups in total. The molecule has 1 aliphatic rings. The van der Waals surface area contributed by atoms with Crippen molar-refractivity contribution in [3.05, 3.63) is 81.4 Å². The minimum atomic E-state index is 0.0368. The number of hydrogen-bond donors (Lipinski definition) is 2. The first-order valence-electron chi connectivity index (χ1n) is 11.0. The highest BCUT2D eigenvalue weighted by Gasteiger charge is 2.26. The van der Waals surface area contributed by atoms with Crippen molar-refractivity contribution in [3.8, 4) is 11.3 Å². The zero-order chi connectivity index (χ0) is 22.8. The fourth-order valence-electron chi connectivity index (χ4n) is 4.27. The van der Waals surface area contributed by atoms with E-state index in [-0.39, 0.29) is 11.8 Å². The minimum Gasteiger partial charge on any atom is -0.370 e. The SMILES string of the molecule is O=C(NCCCNc1cc(-c2ccccc2Cl)nc2c(Br)cnn12)C1Cc2ccccc2C1. The van der Waals surface area contributed by atoms with E-state index in [4.69, 9.17) is 16.6 Å². The summed E-state index contributed by atoms with van der Waals surface area (Å²) in [4.78, 5) is 17.3. The number of nitrogens with one attached hydrogen (secondary N) is 2. The minimum absolute atomic E-state index is 0.0368. The molecular weight excluding hydrogens is 502 g/mol. The van der Waals surface area contributed by atoms with Crippen molar-refractivity contribution in [2.45, 2.75) is 19.3 Å². The Morgan fingerprint density at radius 1 is 1.09 bits per heavy atom. The number of benzene rings is 2. The summed E-state index contributed by atoms with van der Waals surface area (Å²) in [6.07, 6.45) is 4.17. The molecule has 0 saturated heterocycles. The Morgan fingerprint density at radius 2 is 1.82 bits per heavy atom. The summed E-state index contributed by atoms with van der Waals surface area (Å²) >= 11 is 9.92. The summed E-state index contributed by atoms with van der Waals surface area (Å²) < 4.78 is 2.57. The van der Waals surface area contributed by atoms with E-state index in [0.29, 0.717) is 23.8 Å². The lowest BCUT2D eigenvalue weighted by atomic mass is 10.1. The number of carbonyl (C=O) groups excluding carboxylic acids is 1. The van der Waals surface area contributed by atoms with Gasteiger partial charge in [0.1, 0.15) is 5.82 Å². The average molecular weight is 525 g/mol. The van der Waals surface area contributed by atoms with E-state index < -0.39 is 0 Å². The van der Waals surface area contributed by atoms with Crippen molar-refractivity contribution >= 4 is 44.9 Å². The monoisotopic (exact) mass is 523 g/mol. The summed E-state index contributed by atoms with van der Waals surface area (Å²) in [6.45, 7) is 1.30. The Labute approximate surface area is 205 Å². The van der Waals surface area contributed by atoms with Crippen LogP contribution in [-0.4, -0.2) is 33.6 Å². The van der Waals surface area contributed by atoms with Crippen LogP contribution in [0.3, 0.4) is 0 Å². The summed E-state index contributed by atoms with van der Waals surface area (Å²) in [5, 5.41) is 11.6. The molecular formula is C25H23BrClN5O. The quantitative estimate of drug-likeness (QED) is 0.328. The van der Waals surface area contributed by atoms with Crippen LogP contribution in [0.1, 0.15) is 17.5 Å². The van der Waals surface area contributed by atoms with Crippen molar-refractivity contribution < 1.29 is 4.79 Å². The van der Waals surface area contributed by atoms with Gasteiger partial charge in [0.15, 0.2) is 5.65 Å². The largest absolute Gasteiger partial charge is 0.370 e. The number of amides is 1. The van der Waals surface area contributed by atoms with Crippen LogP contribution in [0.5, 0.6) is 0 Å². The molecule has 168 valence electrons. The molecule has 1 amide bonds. The Morgan fingerprint density at radius 3 is 2.58 bits per heavy atom.